The number of anilines is 2. The molecule has 0 fully saturated rings. The van der Waals surface area contributed by atoms with E-state index in [9.17, 15) is 25.0 Å². The molecule has 2 aromatic rings. The number of nitriles is 1. The zero-order valence-electron chi connectivity index (χ0n) is 14.0. The molecule has 27 heavy (non-hydrogen) atoms. The van der Waals surface area contributed by atoms with Gasteiger partial charge in [0.2, 0.25) is 0 Å². The summed E-state index contributed by atoms with van der Waals surface area (Å²) >= 11 is 5.73. The molecule has 0 aromatic heterocycles. The molecule has 0 radical (unpaired) electrons. The second-order valence-corrected chi connectivity index (χ2v) is 5.74. The van der Waals surface area contributed by atoms with E-state index in [0.29, 0.717) is 11.3 Å². The van der Waals surface area contributed by atoms with Crippen molar-refractivity contribution < 1.29 is 14.5 Å². The smallest absolute Gasteiger partial charge is 0.289 e. The van der Waals surface area contributed by atoms with Crippen LogP contribution in [0.5, 0.6) is 0 Å². The Balaban J connectivity index is 2.16. The minimum Gasteiger partial charge on any atom is -0.360 e. The van der Waals surface area contributed by atoms with Crippen LogP contribution in [0.25, 0.3) is 0 Å². The maximum atomic E-state index is 12.2. The summed E-state index contributed by atoms with van der Waals surface area (Å²) in [4.78, 5) is 33.9. The number of nitrogens with zero attached hydrogens (tertiary/aromatic N) is 2. The van der Waals surface area contributed by atoms with Crippen LogP contribution in [0.3, 0.4) is 0 Å². The lowest BCUT2D eigenvalue weighted by atomic mass is 10.1. The van der Waals surface area contributed by atoms with Crippen LogP contribution in [-0.2, 0) is 4.79 Å². The fourth-order valence-electron chi connectivity index (χ4n) is 2.06. The molecular formula is C18H13ClN4O4. The Morgan fingerprint density at radius 1 is 1.22 bits per heavy atom. The highest BCUT2D eigenvalue weighted by Gasteiger charge is 2.13. The van der Waals surface area contributed by atoms with Gasteiger partial charge in [0.1, 0.15) is 16.7 Å². The van der Waals surface area contributed by atoms with E-state index in [0.717, 1.165) is 6.20 Å². The van der Waals surface area contributed by atoms with Gasteiger partial charge in [0.05, 0.1) is 4.92 Å². The van der Waals surface area contributed by atoms with Crippen LogP contribution in [0.15, 0.2) is 54.2 Å². The van der Waals surface area contributed by atoms with Crippen molar-refractivity contribution in [1.82, 2.24) is 0 Å². The van der Waals surface area contributed by atoms with Crippen molar-refractivity contribution in [2.24, 2.45) is 0 Å². The molecule has 0 heterocycles. The van der Waals surface area contributed by atoms with Crippen LogP contribution < -0.4 is 10.6 Å². The van der Waals surface area contributed by atoms with Gasteiger partial charge in [-0.15, -0.1) is 0 Å². The van der Waals surface area contributed by atoms with Crippen molar-refractivity contribution in [2.75, 3.05) is 10.6 Å². The van der Waals surface area contributed by atoms with Crippen molar-refractivity contribution in [1.29, 1.82) is 5.26 Å². The van der Waals surface area contributed by atoms with Crippen LogP contribution >= 0.6 is 11.6 Å². The van der Waals surface area contributed by atoms with Gasteiger partial charge in [0.15, 0.2) is 5.78 Å². The molecule has 9 heteroatoms. The van der Waals surface area contributed by atoms with Gasteiger partial charge in [-0.3, -0.25) is 19.7 Å². The lowest BCUT2D eigenvalue weighted by molar-refractivity contribution is -0.384. The average molecular weight is 385 g/mol. The Hall–Kier alpha value is -3.70. The molecule has 0 aliphatic heterocycles. The lowest BCUT2D eigenvalue weighted by Gasteiger charge is -2.06. The Morgan fingerprint density at radius 3 is 2.59 bits per heavy atom. The number of carbonyl (C=O) groups excluding carboxylic acids is 2. The second kappa shape index (κ2) is 8.60. The molecular weight excluding hydrogens is 372 g/mol. The molecule has 0 unspecified atom stereocenters. The monoisotopic (exact) mass is 384 g/mol. The first kappa shape index (κ1) is 19.6. The molecule has 0 bridgehead atoms. The summed E-state index contributed by atoms with van der Waals surface area (Å²) in [6.07, 6.45) is 1.12. The van der Waals surface area contributed by atoms with Gasteiger partial charge in [0, 0.05) is 29.2 Å². The van der Waals surface area contributed by atoms with E-state index in [1.165, 1.54) is 31.2 Å². The van der Waals surface area contributed by atoms with Gasteiger partial charge in [-0.05, 0) is 31.2 Å². The zero-order chi connectivity index (χ0) is 20.0. The highest BCUT2D eigenvalue weighted by Crippen LogP contribution is 2.27. The Labute approximate surface area is 159 Å². The molecule has 0 spiro atoms. The minimum atomic E-state index is -0.700. The van der Waals surface area contributed by atoms with Crippen LogP contribution in [0.1, 0.15) is 17.3 Å². The number of nitrogens with one attached hydrogen (secondary N) is 2. The van der Waals surface area contributed by atoms with E-state index in [4.69, 9.17) is 11.6 Å². The van der Waals surface area contributed by atoms with Crippen molar-refractivity contribution in [3.8, 4) is 6.07 Å². The third kappa shape index (κ3) is 5.14. The number of benzene rings is 2. The van der Waals surface area contributed by atoms with E-state index >= 15 is 0 Å². The largest absolute Gasteiger partial charge is 0.360 e. The van der Waals surface area contributed by atoms with Crippen molar-refractivity contribution in [2.45, 2.75) is 6.92 Å². The maximum absolute atomic E-state index is 12.2. The average Bonchev–Trinajstić information content (AvgIpc) is 2.63. The summed E-state index contributed by atoms with van der Waals surface area (Å²) in [6.45, 7) is 1.40. The fraction of sp³-hybridized carbons (Fsp3) is 0.0556. The number of hydrogen-bond acceptors (Lipinski definition) is 6. The highest BCUT2D eigenvalue weighted by molar-refractivity contribution is 6.32. The van der Waals surface area contributed by atoms with E-state index in [1.807, 2.05) is 0 Å². The van der Waals surface area contributed by atoms with Gasteiger partial charge in [-0.25, -0.2) is 0 Å². The number of amides is 1. The molecule has 0 saturated carbocycles. The number of nitro benzene ring substituents is 1. The van der Waals surface area contributed by atoms with Crippen molar-refractivity contribution >= 4 is 40.4 Å². The van der Waals surface area contributed by atoms with E-state index in [2.05, 4.69) is 10.6 Å². The first-order chi connectivity index (χ1) is 12.8. The van der Waals surface area contributed by atoms with Crippen LogP contribution in [0, 0.1) is 21.4 Å². The van der Waals surface area contributed by atoms with Crippen LogP contribution in [0.4, 0.5) is 17.1 Å². The lowest BCUT2D eigenvalue weighted by Crippen LogP contribution is -2.14. The summed E-state index contributed by atoms with van der Waals surface area (Å²) in [5.41, 5.74) is 0.489. The van der Waals surface area contributed by atoms with Gasteiger partial charge in [-0.2, -0.15) is 5.26 Å². The van der Waals surface area contributed by atoms with Crippen molar-refractivity contribution in [3.05, 3.63) is 74.9 Å². The highest BCUT2D eigenvalue weighted by atomic mass is 35.5. The molecule has 0 aliphatic carbocycles. The quantitative estimate of drug-likeness (QED) is 0.256. The topological polar surface area (TPSA) is 125 Å². The first-order valence-electron chi connectivity index (χ1n) is 7.55. The molecule has 136 valence electrons. The predicted octanol–water partition coefficient (Wildman–Crippen LogP) is 3.91. The summed E-state index contributed by atoms with van der Waals surface area (Å²) in [5, 5.41) is 25.2. The Kier molecular flexibility index (Phi) is 6.25. The summed E-state index contributed by atoms with van der Waals surface area (Å²) in [6, 6.07) is 12.0. The maximum Gasteiger partial charge on any atom is 0.289 e. The number of halogens is 1. The number of Topliss-reactive ketones (excluding diaryl/α,β-unsaturated/α-hetero) is 1. The van der Waals surface area contributed by atoms with Crippen LogP contribution in [-0.4, -0.2) is 16.6 Å². The Morgan fingerprint density at radius 2 is 1.96 bits per heavy atom. The molecule has 2 aromatic carbocycles. The number of ketones is 1. The minimum absolute atomic E-state index is 0.0295. The predicted molar refractivity (Wildman–Crippen MR) is 101 cm³/mol. The van der Waals surface area contributed by atoms with Gasteiger partial charge in [0.25, 0.3) is 11.6 Å². The fourth-order valence-corrected chi connectivity index (χ4v) is 2.25. The number of nitro groups is 1. The van der Waals surface area contributed by atoms with Crippen LogP contribution in [0.2, 0.25) is 5.02 Å². The van der Waals surface area contributed by atoms with Crippen molar-refractivity contribution in [3.63, 3.8) is 0 Å². The van der Waals surface area contributed by atoms with E-state index in [1.54, 1.807) is 24.3 Å². The zero-order valence-corrected chi connectivity index (χ0v) is 14.8. The number of carbonyl (C=O) groups is 2. The van der Waals surface area contributed by atoms with Gasteiger partial charge >= 0.3 is 0 Å². The Bertz CT molecular complexity index is 995. The normalized spacial score (nSPS) is 10.6. The first-order valence-corrected chi connectivity index (χ1v) is 7.92. The summed E-state index contributed by atoms with van der Waals surface area (Å²) in [5.74, 6) is -0.859. The molecule has 2 rings (SSSR count). The standard InChI is InChI=1S/C18H13ClN4O4/c1-11(24)12-3-2-4-15(7-12)22-18(25)13(9-20)10-21-14-5-6-16(19)17(8-14)23(26)27/h2-8,10,21H,1H3,(H,22,25)/b13-10-. The SMILES string of the molecule is CC(=O)c1cccc(NC(=O)/C(C#N)=C\Nc2ccc(Cl)c([N+](=O)[O-])c2)c1. The molecule has 2 N–H and O–H groups in total. The third-order valence-electron chi connectivity index (χ3n) is 3.42. The van der Waals surface area contributed by atoms with Gasteiger partial charge in [-0.1, -0.05) is 23.7 Å². The van der Waals surface area contributed by atoms with Gasteiger partial charge < -0.3 is 10.6 Å². The number of rotatable bonds is 6. The second-order valence-electron chi connectivity index (χ2n) is 5.33. The molecule has 0 atom stereocenters. The molecule has 0 aliphatic rings. The molecule has 1 amide bonds. The summed E-state index contributed by atoms with van der Waals surface area (Å²) in [7, 11) is 0. The number of hydrogen-bond donors (Lipinski definition) is 2. The summed E-state index contributed by atoms with van der Waals surface area (Å²) < 4.78 is 0. The third-order valence-corrected chi connectivity index (χ3v) is 3.74. The van der Waals surface area contributed by atoms with E-state index in [-0.39, 0.29) is 27.8 Å². The van der Waals surface area contributed by atoms with E-state index < -0.39 is 10.8 Å². The molecule has 8 nitrogen and oxygen atoms in total. The molecule has 0 saturated heterocycles.